The molecule has 0 radical (unpaired) electrons. The summed E-state index contributed by atoms with van der Waals surface area (Å²) >= 11 is 6.34. The molecule has 2 aromatic heterocycles. The van der Waals surface area contributed by atoms with Gasteiger partial charge in [0.15, 0.2) is 5.82 Å². The van der Waals surface area contributed by atoms with Crippen LogP contribution >= 0.6 is 11.6 Å². The Hall–Kier alpha value is -1.83. The minimum atomic E-state index is -0.448. The van der Waals surface area contributed by atoms with E-state index < -0.39 is 5.41 Å². The first-order valence-corrected chi connectivity index (χ1v) is 9.89. The second-order valence-electron chi connectivity index (χ2n) is 8.74. The zero-order valence-electron chi connectivity index (χ0n) is 17.4. The number of nitrogens with zero attached hydrogens (tertiary/aromatic N) is 5. The van der Waals surface area contributed by atoms with Crippen molar-refractivity contribution in [1.29, 1.82) is 0 Å². The summed E-state index contributed by atoms with van der Waals surface area (Å²) in [4.78, 5) is 4.26. The number of allylic oxidation sites excluding steroid dienone is 1. The van der Waals surface area contributed by atoms with Gasteiger partial charge in [0.05, 0.1) is 12.6 Å². The number of aromatic nitrogens is 5. The zero-order chi connectivity index (χ0) is 20.9. The Morgan fingerprint density at radius 3 is 2.54 bits per heavy atom. The number of hydrogen-bond acceptors (Lipinski definition) is 6. The number of rotatable bonds is 10. The zero-order valence-corrected chi connectivity index (χ0v) is 18.1. The van der Waals surface area contributed by atoms with Crippen LogP contribution in [0.2, 0.25) is 0 Å². The van der Waals surface area contributed by atoms with E-state index in [0.717, 1.165) is 11.1 Å². The van der Waals surface area contributed by atoms with Crippen molar-refractivity contribution >= 4 is 11.6 Å². The Balaban J connectivity index is 2.51. The number of alkyl halides is 1. The van der Waals surface area contributed by atoms with Crippen LogP contribution in [0, 0.1) is 10.8 Å². The minimum Gasteiger partial charge on any atom is -0.396 e. The van der Waals surface area contributed by atoms with Crippen LogP contribution in [0.15, 0.2) is 36.7 Å². The van der Waals surface area contributed by atoms with Crippen LogP contribution in [0.4, 0.5) is 0 Å². The van der Waals surface area contributed by atoms with Crippen LogP contribution < -0.4 is 5.32 Å². The van der Waals surface area contributed by atoms with E-state index in [2.05, 4.69) is 46.3 Å². The van der Waals surface area contributed by atoms with E-state index in [4.69, 9.17) is 11.6 Å². The molecule has 0 aliphatic heterocycles. The number of aliphatic hydroxyl groups is 1. The van der Waals surface area contributed by atoms with Crippen molar-refractivity contribution in [1.82, 2.24) is 30.5 Å². The molecule has 28 heavy (non-hydrogen) atoms. The molecule has 7 nitrogen and oxygen atoms in total. The predicted octanol–water partition coefficient (Wildman–Crippen LogP) is 3.30. The number of aliphatic hydroxyl groups excluding tert-OH is 1. The number of tetrazole rings is 1. The first kappa shape index (κ1) is 22.5. The minimum absolute atomic E-state index is 0.00426. The fourth-order valence-electron chi connectivity index (χ4n) is 3.09. The molecule has 0 aliphatic rings. The van der Waals surface area contributed by atoms with Crippen molar-refractivity contribution in [3.63, 3.8) is 0 Å². The molecule has 0 fully saturated rings. The fourth-order valence-corrected chi connectivity index (χ4v) is 3.25. The maximum atomic E-state index is 10.1. The lowest BCUT2D eigenvalue weighted by atomic mass is 9.78. The van der Waals surface area contributed by atoms with E-state index >= 15 is 0 Å². The van der Waals surface area contributed by atoms with Gasteiger partial charge >= 0.3 is 0 Å². The molecule has 2 unspecified atom stereocenters. The largest absolute Gasteiger partial charge is 0.396 e. The summed E-state index contributed by atoms with van der Waals surface area (Å²) < 4.78 is 1.75. The van der Waals surface area contributed by atoms with Gasteiger partial charge in [0.1, 0.15) is 0 Å². The predicted molar refractivity (Wildman–Crippen MR) is 111 cm³/mol. The molecule has 0 bridgehead atoms. The molecule has 2 N–H and O–H groups in total. The molecule has 0 aliphatic carbocycles. The summed E-state index contributed by atoms with van der Waals surface area (Å²) in [5.41, 5.74) is 1.14. The lowest BCUT2D eigenvalue weighted by Crippen LogP contribution is -2.45. The Morgan fingerprint density at radius 1 is 1.29 bits per heavy atom. The SMILES string of the molecule is C=C(C)Cn1nnnc1C(NC(c1cccnc1)C(C)(C)CO)C(C)(C)CCl. The number of nitrogens with one attached hydrogen (secondary N) is 1. The van der Waals surface area contributed by atoms with Gasteiger partial charge in [-0.3, -0.25) is 10.3 Å². The molecule has 0 amide bonds. The van der Waals surface area contributed by atoms with E-state index in [1.807, 2.05) is 39.1 Å². The number of hydrogen-bond donors (Lipinski definition) is 2. The van der Waals surface area contributed by atoms with E-state index in [9.17, 15) is 5.11 Å². The van der Waals surface area contributed by atoms with Gasteiger partial charge in [0, 0.05) is 41.8 Å². The molecule has 0 saturated carbocycles. The Morgan fingerprint density at radius 2 is 2.00 bits per heavy atom. The smallest absolute Gasteiger partial charge is 0.169 e. The third-order valence-corrected chi connectivity index (χ3v) is 5.59. The highest BCUT2D eigenvalue weighted by Gasteiger charge is 2.40. The van der Waals surface area contributed by atoms with Crippen LogP contribution in [0.5, 0.6) is 0 Å². The Labute approximate surface area is 172 Å². The molecule has 154 valence electrons. The summed E-state index contributed by atoms with van der Waals surface area (Å²) in [5.74, 6) is 1.10. The summed E-state index contributed by atoms with van der Waals surface area (Å²) in [6, 6.07) is 3.46. The van der Waals surface area contributed by atoms with E-state index in [-0.39, 0.29) is 24.1 Å². The third-order valence-electron chi connectivity index (χ3n) is 4.90. The van der Waals surface area contributed by atoms with Crippen molar-refractivity contribution in [2.75, 3.05) is 12.5 Å². The second-order valence-corrected chi connectivity index (χ2v) is 9.01. The fraction of sp³-hybridized carbons (Fsp3) is 0.600. The highest BCUT2D eigenvalue weighted by molar-refractivity contribution is 6.18. The first-order valence-electron chi connectivity index (χ1n) is 9.35. The number of pyridine rings is 1. The lowest BCUT2D eigenvalue weighted by molar-refractivity contribution is 0.0929. The standard InChI is InChI=1S/C20H31ClN6O/c1-14(2)11-27-18(24-25-26-27)17(19(3,4)12-21)23-16(20(5,6)13-28)15-8-7-9-22-10-15/h7-10,16-17,23,28H,1,11-13H2,2-6H3. The molecule has 0 spiro atoms. The van der Waals surface area contributed by atoms with Crippen molar-refractivity contribution < 1.29 is 5.11 Å². The van der Waals surface area contributed by atoms with Crippen molar-refractivity contribution in [3.05, 3.63) is 48.1 Å². The van der Waals surface area contributed by atoms with Crippen LogP contribution in [0.3, 0.4) is 0 Å². The van der Waals surface area contributed by atoms with Gasteiger partial charge in [-0.1, -0.05) is 45.9 Å². The highest BCUT2D eigenvalue weighted by Crippen LogP contribution is 2.40. The molecule has 2 aromatic rings. The Bertz CT molecular complexity index is 774. The molecular formula is C20H31ClN6O. The summed E-state index contributed by atoms with van der Waals surface area (Å²) in [6.45, 7) is 14.6. The maximum absolute atomic E-state index is 10.1. The molecule has 0 saturated heterocycles. The summed E-state index contributed by atoms with van der Waals surface area (Å²) in [5, 5.41) is 26.1. The third kappa shape index (κ3) is 5.16. The van der Waals surface area contributed by atoms with Gasteiger partial charge in [0.2, 0.25) is 0 Å². The summed E-state index contributed by atoms with van der Waals surface area (Å²) in [6.07, 6.45) is 3.55. The molecule has 2 heterocycles. The molecular weight excluding hydrogens is 376 g/mol. The number of halogens is 1. The van der Waals surface area contributed by atoms with Gasteiger partial charge in [-0.15, -0.1) is 16.7 Å². The van der Waals surface area contributed by atoms with Crippen LogP contribution in [-0.4, -0.2) is 42.8 Å². The quantitative estimate of drug-likeness (QED) is 0.465. The van der Waals surface area contributed by atoms with Crippen LogP contribution in [0.1, 0.15) is 58.1 Å². The molecule has 0 aromatic carbocycles. The van der Waals surface area contributed by atoms with E-state index in [1.165, 1.54) is 0 Å². The van der Waals surface area contributed by atoms with E-state index in [1.54, 1.807) is 10.9 Å². The average molecular weight is 407 g/mol. The van der Waals surface area contributed by atoms with Crippen LogP contribution in [-0.2, 0) is 6.54 Å². The first-order chi connectivity index (χ1) is 13.1. The highest BCUT2D eigenvalue weighted by atomic mass is 35.5. The lowest BCUT2D eigenvalue weighted by Gasteiger charge is -2.41. The van der Waals surface area contributed by atoms with Gasteiger partial charge in [-0.25, -0.2) is 4.68 Å². The maximum Gasteiger partial charge on any atom is 0.169 e. The molecule has 8 heteroatoms. The monoisotopic (exact) mass is 406 g/mol. The average Bonchev–Trinajstić information content (AvgIpc) is 3.09. The van der Waals surface area contributed by atoms with Gasteiger partial charge in [-0.05, 0) is 29.0 Å². The molecule has 2 rings (SSSR count). The second kappa shape index (κ2) is 9.11. The van der Waals surface area contributed by atoms with Crippen molar-refractivity contribution in [2.45, 2.75) is 53.2 Å². The van der Waals surface area contributed by atoms with Crippen molar-refractivity contribution in [2.24, 2.45) is 10.8 Å². The van der Waals surface area contributed by atoms with Crippen LogP contribution in [0.25, 0.3) is 0 Å². The molecule has 2 atom stereocenters. The van der Waals surface area contributed by atoms with Crippen molar-refractivity contribution in [3.8, 4) is 0 Å². The van der Waals surface area contributed by atoms with Gasteiger partial charge in [-0.2, -0.15) is 0 Å². The summed E-state index contributed by atoms with van der Waals surface area (Å²) in [7, 11) is 0. The van der Waals surface area contributed by atoms with Gasteiger partial charge in [0.25, 0.3) is 0 Å². The van der Waals surface area contributed by atoms with E-state index in [0.29, 0.717) is 18.2 Å². The normalized spacial score (nSPS) is 14.7. The Kier molecular flexibility index (Phi) is 7.31. The van der Waals surface area contributed by atoms with Gasteiger partial charge < -0.3 is 5.11 Å². The topological polar surface area (TPSA) is 88.8 Å².